The summed E-state index contributed by atoms with van der Waals surface area (Å²) in [6.07, 6.45) is 1.98. The van der Waals surface area contributed by atoms with E-state index in [4.69, 9.17) is 4.74 Å². The number of amides is 2. The first-order valence-electron chi connectivity index (χ1n) is 12.0. The van der Waals surface area contributed by atoms with Gasteiger partial charge in [-0.2, -0.15) is 0 Å². The molecule has 1 fully saturated rings. The second kappa shape index (κ2) is 10.5. The van der Waals surface area contributed by atoms with E-state index in [0.29, 0.717) is 11.1 Å². The summed E-state index contributed by atoms with van der Waals surface area (Å²) in [5.74, 6) is -3.94. The van der Waals surface area contributed by atoms with Gasteiger partial charge in [-0.3, -0.25) is 19.3 Å². The molecule has 4 rings (SSSR count). The van der Waals surface area contributed by atoms with Gasteiger partial charge in [0.2, 0.25) is 0 Å². The third kappa shape index (κ3) is 6.58. The largest absolute Gasteiger partial charge is 0.459 e. The van der Waals surface area contributed by atoms with Crippen LogP contribution < -0.4 is 10.2 Å². The van der Waals surface area contributed by atoms with Crippen LogP contribution in [0.5, 0.6) is 0 Å². The fourth-order valence-corrected chi connectivity index (χ4v) is 3.78. The maximum Gasteiger partial charge on any atom is 0.326 e. The average molecular weight is 507 g/mol. The van der Waals surface area contributed by atoms with E-state index in [0.717, 1.165) is 41.5 Å². The SMILES string of the molecule is CC(C)(C)OC(=O)CN(C(=O)c1c(F)cccc1F)c1cccc(-c2ccc(C(=O)NC3CC3)cc2)c1. The van der Waals surface area contributed by atoms with Crippen LogP contribution in [0.1, 0.15) is 54.3 Å². The first-order valence-corrected chi connectivity index (χ1v) is 12.0. The summed E-state index contributed by atoms with van der Waals surface area (Å²) in [7, 11) is 0. The third-order valence-corrected chi connectivity index (χ3v) is 5.68. The highest BCUT2D eigenvalue weighted by molar-refractivity contribution is 6.09. The molecule has 0 aliphatic heterocycles. The molecule has 0 bridgehead atoms. The van der Waals surface area contributed by atoms with Gasteiger partial charge in [0, 0.05) is 17.3 Å². The predicted octanol–water partition coefficient (Wildman–Crippen LogP) is 5.51. The molecule has 3 aromatic carbocycles. The van der Waals surface area contributed by atoms with Gasteiger partial charge in [-0.15, -0.1) is 0 Å². The van der Waals surface area contributed by atoms with Crippen molar-refractivity contribution in [2.24, 2.45) is 0 Å². The predicted molar refractivity (Wildman–Crippen MR) is 136 cm³/mol. The maximum atomic E-state index is 14.5. The number of rotatable bonds is 7. The zero-order valence-electron chi connectivity index (χ0n) is 20.9. The molecule has 0 unspecified atom stereocenters. The van der Waals surface area contributed by atoms with Crippen molar-refractivity contribution >= 4 is 23.5 Å². The Morgan fingerprint density at radius 1 is 0.919 bits per heavy atom. The Morgan fingerprint density at radius 2 is 1.54 bits per heavy atom. The molecule has 0 saturated heterocycles. The Labute approximate surface area is 214 Å². The summed E-state index contributed by atoms with van der Waals surface area (Å²) in [5, 5.41) is 2.94. The summed E-state index contributed by atoms with van der Waals surface area (Å²) in [5.41, 5.74) is 0.650. The highest BCUT2D eigenvalue weighted by Crippen LogP contribution is 2.28. The number of nitrogens with one attached hydrogen (secondary N) is 1. The molecule has 3 aromatic rings. The lowest BCUT2D eigenvalue weighted by Crippen LogP contribution is -2.39. The van der Waals surface area contributed by atoms with Gasteiger partial charge in [0.15, 0.2) is 0 Å². The quantitative estimate of drug-likeness (QED) is 0.429. The molecule has 0 atom stereocenters. The number of hydrogen-bond acceptors (Lipinski definition) is 4. The zero-order valence-corrected chi connectivity index (χ0v) is 20.9. The van der Waals surface area contributed by atoms with Crippen molar-refractivity contribution in [3.8, 4) is 11.1 Å². The van der Waals surface area contributed by atoms with Crippen molar-refractivity contribution in [1.29, 1.82) is 0 Å². The lowest BCUT2D eigenvalue weighted by Gasteiger charge is -2.26. The lowest BCUT2D eigenvalue weighted by atomic mass is 10.0. The number of benzene rings is 3. The van der Waals surface area contributed by atoms with Crippen LogP contribution in [-0.4, -0.2) is 36.0 Å². The van der Waals surface area contributed by atoms with Crippen molar-refractivity contribution in [3.63, 3.8) is 0 Å². The summed E-state index contributed by atoms with van der Waals surface area (Å²) >= 11 is 0. The van der Waals surface area contributed by atoms with E-state index in [2.05, 4.69) is 5.32 Å². The van der Waals surface area contributed by atoms with Gasteiger partial charge in [0.05, 0.1) is 0 Å². The Kier molecular flexibility index (Phi) is 7.38. The number of esters is 1. The average Bonchev–Trinajstić information content (AvgIpc) is 3.65. The maximum absolute atomic E-state index is 14.5. The topological polar surface area (TPSA) is 75.7 Å². The zero-order chi connectivity index (χ0) is 26.7. The molecule has 1 N–H and O–H groups in total. The molecule has 8 heteroatoms. The highest BCUT2D eigenvalue weighted by atomic mass is 19.1. The first-order chi connectivity index (χ1) is 17.5. The minimum absolute atomic E-state index is 0.135. The minimum Gasteiger partial charge on any atom is -0.459 e. The summed E-state index contributed by atoms with van der Waals surface area (Å²) in [6, 6.07) is 17.0. The first kappa shape index (κ1) is 26.0. The summed E-state index contributed by atoms with van der Waals surface area (Å²) in [4.78, 5) is 39.3. The smallest absolute Gasteiger partial charge is 0.326 e. The Balaban J connectivity index is 1.65. The van der Waals surface area contributed by atoms with E-state index in [1.54, 1.807) is 69.3 Å². The fraction of sp³-hybridized carbons (Fsp3) is 0.276. The van der Waals surface area contributed by atoms with Gasteiger partial charge in [-0.05, 0) is 81.1 Å². The molecule has 37 heavy (non-hydrogen) atoms. The Morgan fingerprint density at radius 3 is 2.14 bits per heavy atom. The van der Waals surface area contributed by atoms with Crippen LogP contribution >= 0.6 is 0 Å². The van der Waals surface area contributed by atoms with E-state index in [1.807, 2.05) is 0 Å². The minimum atomic E-state index is -1.03. The second-order valence-corrected chi connectivity index (χ2v) is 9.95. The molecule has 0 spiro atoms. The number of carbonyl (C=O) groups excluding carboxylic acids is 3. The third-order valence-electron chi connectivity index (χ3n) is 5.68. The summed E-state index contributed by atoms with van der Waals surface area (Å²) in [6.45, 7) is 4.50. The number of carbonyl (C=O) groups is 3. The van der Waals surface area contributed by atoms with Crippen molar-refractivity contribution < 1.29 is 27.9 Å². The molecule has 0 radical (unpaired) electrons. The Bertz CT molecular complexity index is 1310. The standard InChI is InChI=1S/C29H28F2N2O4/c1-29(2,3)37-25(34)17-33(28(36)26-23(30)8-5-9-24(26)31)22-7-4-6-20(16-22)18-10-12-19(13-11-18)27(35)32-21-14-15-21/h4-13,16,21H,14-15,17H2,1-3H3,(H,32,35). The molecule has 1 aliphatic carbocycles. The fourth-order valence-electron chi connectivity index (χ4n) is 3.78. The molecule has 0 heterocycles. The van der Waals surface area contributed by atoms with E-state index >= 15 is 0 Å². The number of nitrogens with zero attached hydrogens (tertiary/aromatic N) is 1. The second-order valence-electron chi connectivity index (χ2n) is 9.95. The normalized spacial score (nSPS) is 13.1. The number of halogens is 2. The number of hydrogen-bond donors (Lipinski definition) is 1. The van der Waals surface area contributed by atoms with Crippen molar-refractivity contribution in [3.05, 3.63) is 89.5 Å². The van der Waals surface area contributed by atoms with Crippen molar-refractivity contribution in [2.45, 2.75) is 45.3 Å². The van der Waals surface area contributed by atoms with Crippen LogP contribution in [0.4, 0.5) is 14.5 Å². The van der Waals surface area contributed by atoms with Crippen molar-refractivity contribution in [2.75, 3.05) is 11.4 Å². The van der Waals surface area contributed by atoms with E-state index in [-0.39, 0.29) is 17.6 Å². The Hall–Kier alpha value is -4.07. The molecule has 1 aliphatic rings. The lowest BCUT2D eigenvalue weighted by molar-refractivity contribution is -0.152. The van der Waals surface area contributed by atoms with E-state index in [9.17, 15) is 23.2 Å². The highest BCUT2D eigenvalue weighted by Gasteiger charge is 2.28. The van der Waals surface area contributed by atoms with Crippen LogP contribution in [-0.2, 0) is 9.53 Å². The van der Waals surface area contributed by atoms with Gasteiger partial charge in [-0.1, -0.05) is 30.3 Å². The molecule has 1 saturated carbocycles. The summed E-state index contributed by atoms with van der Waals surface area (Å²) < 4.78 is 34.3. The van der Waals surface area contributed by atoms with Crippen LogP contribution in [0.3, 0.4) is 0 Å². The molecule has 0 aromatic heterocycles. The van der Waals surface area contributed by atoms with Crippen molar-refractivity contribution in [1.82, 2.24) is 5.32 Å². The molecular formula is C29H28F2N2O4. The van der Waals surface area contributed by atoms with Crippen LogP contribution in [0, 0.1) is 11.6 Å². The van der Waals surface area contributed by atoms with Gasteiger partial charge in [0.25, 0.3) is 11.8 Å². The molecule has 6 nitrogen and oxygen atoms in total. The monoisotopic (exact) mass is 506 g/mol. The van der Waals surface area contributed by atoms with Crippen LogP contribution in [0.15, 0.2) is 66.7 Å². The van der Waals surface area contributed by atoms with E-state index < -0.39 is 41.2 Å². The molecular weight excluding hydrogens is 478 g/mol. The van der Waals surface area contributed by atoms with Crippen LogP contribution in [0.25, 0.3) is 11.1 Å². The molecule has 192 valence electrons. The van der Waals surface area contributed by atoms with Gasteiger partial charge in [0.1, 0.15) is 29.3 Å². The van der Waals surface area contributed by atoms with Gasteiger partial charge >= 0.3 is 5.97 Å². The van der Waals surface area contributed by atoms with Gasteiger partial charge in [-0.25, -0.2) is 8.78 Å². The van der Waals surface area contributed by atoms with Crippen LogP contribution in [0.2, 0.25) is 0 Å². The number of anilines is 1. The number of ether oxygens (including phenoxy) is 1. The molecule has 2 amide bonds. The van der Waals surface area contributed by atoms with E-state index in [1.165, 1.54) is 0 Å². The van der Waals surface area contributed by atoms with Gasteiger partial charge < -0.3 is 10.1 Å².